The highest BCUT2D eigenvalue weighted by Crippen LogP contribution is 2.29. The lowest BCUT2D eigenvalue weighted by atomic mass is 10.1. The summed E-state index contributed by atoms with van der Waals surface area (Å²) in [6, 6.07) is 0. The summed E-state index contributed by atoms with van der Waals surface area (Å²) in [5.74, 6) is -2.80. The smallest absolute Gasteiger partial charge is 0.303 e. The predicted octanol–water partition coefficient (Wildman–Crippen LogP) is -0.938. The molecule has 1 aliphatic heterocycles. The van der Waals surface area contributed by atoms with Crippen LogP contribution in [0.5, 0.6) is 0 Å². The molecule has 136 valence electrons. The van der Waals surface area contributed by atoms with Gasteiger partial charge in [0.2, 0.25) is 0 Å². The van der Waals surface area contributed by atoms with Crippen molar-refractivity contribution in [3.05, 3.63) is 0 Å². The lowest BCUT2D eigenvalue weighted by Crippen LogP contribution is -2.46. The first kappa shape index (κ1) is 19.8. The van der Waals surface area contributed by atoms with Crippen molar-refractivity contribution in [2.75, 3.05) is 6.61 Å². The lowest BCUT2D eigenvalue weighted by Gasteiger charge is -2.27. The minimum Gasteiger partial charge on any atom is -0.462 e. The molecule has 1 rings (SSSR count). The normalized spacial score (nSPS) is 27.0. The summed E-state index contributed by atoms with van der Waals surface area (Å²) in [5.41, 5.74) is 0. The van der Waals surface area contributed by atoms with Gasteiger partial charge in [-0.05, 0) is 0 Å². The molecule has 0 saturated carbocycles. The van der Waals surface area contributed by atoms with E-state index in [4.69, 9.17) is 23.7 Å². The highest BCUT2D eigenvalue weighted by molar-refractivity contribution is 5.68. The second-order valence-corrected chi connectivity index (χ2v) is 5.09. The molecule has 0 aromatic heterocycles. The molecule has 0 amide bonds. The number of carbonyl (C=O) groups excluding carboxylic acids is 4. The fourth-order valence-corrected chi connectivity index (χ4v) is 2.22. The average molecular weight is 348 g/mol. The number of ether oxygens (including phenoxy) is 5. The van der Waals surface area contributed by atoms with Crippen molar-refractivity contribution in [2.24, 2.45) is 0 Å². The van der Waals surface area contributed by atoms with Crippen LogP contribution < -0.4 is 0 Å². The van der Waals surface area contributed by atoms with Gasteiger partial charge in [0.15, 0.2) is 24.6 Å². The molecule has 0 aromatic rings. The molecule has 10 heteroatoms. The molecular formula is C14H20O10. The van der Waals surface area contributed by atoms with Gasteiger partial charge in [-0.3, -0.25) is 19.2 Å². The van der Waals surface area contributed by atoms with Crippen molar-refractivity contribution in [3.63, 3.8) is 0 Å². The van der Waals surface area contributed by atoms with E-state index in [1.54, 1.807) is 0 Å². The molecule has 1 saturated heterocycles. The van der Waals surface area contributed by atoms with E-state index in [1.807, 2.05) is 0 Å². The van der Waals surface area contributed by atoms with Gasteiger partial charge in [-0.15, -0.1) is 0 Å². The summed E-state index contributed by atoms with van der Waals surface area (Å²) in [4.78, 5) is 44.7. The molecule has 5 atom stereocenters. The van der Waals surface area contributed by atoms with Crippen LogP contribution in [0.3, 0.4) is 0 Å². The van der Waals surface area contributed by atoms with E-state index in [1.165, 1.54) is 0 Å². The number of hydrogen-bond donors (Lipinski definition) is 1. The molecule has 1 N–H and O–H groups in total. The summed E-state index contributed by atoms with van der Waals surface area (Å²) in [7, 11) is 0. The van der Waals surface area contributed by atoms with Crippen molar-refractivity contribution in [3.8, 4) is 0 Å². The largest absolute Gasteiger partial charge is 0.462 e. The van der Waals surface area contributed by atoms with Gasteiger partial charge in [-0.25, -0.2) is 0 Å². The zero-order valence-corrected chi connectivity index (χ0v) is 13.7. The fourth-order valence-electron chi connectivity index (χ4n) is 2.22. The Morgan fingerprint density at radius 2 is 1.46 bits per heavy atom. The van der Waals surface area contributed by atoms with Crippen LogP contribution in [0.15, 0.2) is 0 Å². The minimum atomic E-state index is -1.61. The minimum absolute atomic E-state index is 0.392. The Bertz CT molecular complexity index is 502. The first-order valence-corrected chi connectivity index (χ1v) is 7.10. The monoisotopic (exact) mass is 348 g/mol. The molecule has 1 aliphatic rings. The van der Waals surface area contributed by atoms with Crippen LogP contribution in [-0.2, 0) is 42.9 Å². The summed E-state index contributed by atoms with van der Waals surface area (Å²) < 4.78 is 25.0. The molecule has 0 aromatic carbocycles. The maximum absolute atomic E-state index is 11.3. The fraction of sp³-hybridized carbons (Fsp3) is 0.714. The van der Waals surface area contributed by atoms with Crippen LogP contribution in [0.1, 0.15) is 27.7 Å². The lowest BCUT2D eigenvalue weighted by molar-refractivity contribution is -0.184. The van der Waals surface area contributed by atoms with Crippen molar-refractivity contribution < 1.29 is 48.0 Å². The van der Waals surface area contributed by atoms with Crippen LogP contribution in [0.4, 0.5) is 0 Å². The maximum atomic E-state index is 11.3. The van der Waals surface area contributed by atoms with Gasteiger partial charge in [0.05, 0.1) is 0 Å². The number of rotatable bonds is 6. The SMILES string of the molecule is CC(=O)OCC(OC(C)=O)[C@@H]1OC(O)[C@H](OC(C)=O)[C@H]1OC(C)=O. The van der Waals surface area contributed by atoms with Gasteiger partial charge in [0.25, 0.3) is 0 Å². The van der Waals surface area contributed by atoms with E-state index in [0.29, 0.717) is 0 Å². The summed E-state index contributed by atoms with van der Waals surface area (Å²) in [5, 5.41) is 9.91. The molecule has 0 spiro atoms. The summed E-state index contributed by atoms with van der Waals surface area (Å²) in [6.07, 6.45) is -6.55. The summed E-state index contributed by atoms with van der Waals surface area (Å²) in [6.45, 7) is 4.10. The van der Waals surface area contributed by atoms with E-state index in [2.05, 4.69) is 0 Å². The topological polar surface area (TPSA) is 135 Å². The maximum Gasteiger partial charge on any atom is 0.303 e. The van der Waals surface area contributed by atoms with Crippen LogP contribution >= 0.6 is 0 Å². The number of hydrogen-bond acceptors (Lipinski definition) is 10. The second kappa shape index (κ2) is 8.60. The van der Waals surface area contributed by atoms with Gasteiger partial charge < -0.3 is 28.8 Å². The van der Waals surface area contributed by atoms with E-state index in [0.717, 1.165) is 27.7 Å². The van der Waals surface area contributed by atoms with Crippen LogP contribution in [0, 0.1) is 0 Å². The molecule has 2 unspecified atom stereocenters. The third kappa shape index (κ3) is 5.78. The number of carbonyl (C=O) groups is 4. The van der Waals surface area contributed by atoms with Crippen molar-refractivity contribution in [1.29, 1.82) is 0 Å². The van der Waals surface area contributed by atoms with Crippen LogP contribution in [0.2, 0.25) is 0 Å². The Hall–Kier alpha value is -2.20. The van der Waals surface area contributed by atoms with Crippen molar-refractivity contribution >= 4 is 23.9 Å². The highest BCUT2D eigenvalue weighted by atomic mass is 16.7. The van der Waals surface area contributed by atoms with Crippen LogP contribution in [0.25, 0.3) is 0 Å². The Labute approximate surface area is 137 Å². The van der Waals surface area contributed by atoms with E-state index < -0.39 is 61.2 Å². The molecule has 0 radical (unpaired) electrons. The molecular weight excluding hydrogens is 328 g/mol. The van der Waals surface area contributed by atoms with Crippen LogP contribution in [-0.4, -0.2) is 66.3 Å². The zero-order valence-electron chi connectivity index (χ0n) is 13.7. The Kier molecular flexibility index (Phi) is 7.11. The second-order valence-electron chi connectivity index (χ2n) is 5.09. The molecule has 1 fully saturated rings. The quantitative estimate of drug-likeness (QED) is 0.473. The van der Waals surface area contributed by atoms with Gasteiger partial charge in [0.1, 0.15) is 12.7 Å². The van der Waals surface area contributed by atoms with Gasteiger partial charge in [-0.1, -0.05) is 0 Å². The van der Waals surface area contributed by atoms with E-state index in [9.17, 15) is 24.3 Å². The molecule has 0 bridgehead atoms. The molecule has 24 heavy (non-hydrogen) atoms. The first-order valence-electron chi connectivity index (χ1n) is 7.10. The zero-order chi connectivity index (χ0) is 18.4. The van der Waals surface area contributed by atoms with Gasteiger partial charge >= 0.3 is 23.9 Å². The standard InChI is InChI=1S/C14H20O10/c1-6(15)20-5-10(21-7(2)16)11-12(22-8(3)17)13(14(19)24-11)23-9(4)18/h10-14,19H,5H2,1-4H3/t10?,11-,12-,13+,14?/m0/s1. The molecule has 10 nitrogen and oxygen atoms in total. The summed E-state index contributed by atoms with van der Waals surface area (Å²) >= 11 is 0. The third-order valence-electron chi connectivity index (χ3n) is 2.96. The molecule has 1 heterocycles. The van der Waals surface area contributed by atoms with Crippen molar-refractivity contribution in [1.82, 2.24) is 0 Å². The molecule has 0 aliphatic carbocycles. The number of aliphatic hydroxyl groups is 1. The Balaban J connectivity index is 3.03. The third-order valence-corrected chi connectivity index (χ3v) is 2.96. The number of aliphatic hydroxyl groups excluding tert-OH is 1. The first-order chi connectivity index (χ1) is 11.1. The van der Waals surface area contributed by atoms with Gasteiger partial charge in [-0.2, -0.15) is 0 Å². The van der Waals surface area contributed by atoms with Crippen molar-refractivity contribution in [2.45, 2.75) is 58.4 Å². The predicted molar refractivity (Wildman–Crippen MR) is 74.2 cm³/mol. The Morgan fingerprint density at radius 3 is 1.92 bits per heavy atom. The highest BCUT2D eigenvalue weighted by Gasteiger charge is 2.52. The van der Waals surface area contributed by atoms with E-state index >= 15 is 0 Å². The average Bonchev–Trinajstić information content (AvgIpc) is 2.70. The van der Waals surface area contributed by atoms with Gasteiger partial charge in [0, 0.05) is 27.7 Å². The Morgan fingerprint density at radius 1 is 0.917 bits per heavy atom. The van der Waals surface area contributed by atoms with E-state index in [-0.39, 0.29) is 0 Å². The number of esters is 4.